The van der Waals surface area contributed by atoms with E-state index in [2.05, 4.69) is 15.6 Å². The van der Waals surface area contributed by atoms with E-state index in [1.807, 2.05) is 37.4 Å². The number of ether oxygens (including phenoxy) is 1. The number of aryl methyl sites for hydroxylation is 1. The van der Waals surface area contributed by atoms with Gasteiger partial charge in [0.2, 0.25) is 0 Å². The monoisotopic (exact) mass is 243 g/mol. The van der Waals surface area contributed by atoms with Crippen LogP contribution in [0.4, 0.5) is 5.69 Å². The van der Waals surface area contributed by atoms with Crippen LogP contribution in [0.5, 0.6) is 5.75 Å². The lowest BCUT2D eigenvalue weighted by Gasteiger charge is -2.07. The van der Waals surface area contributed by atoms with Crippen molar-refractivity contribution in [2.75, 3.05) is 11.9 Å². The Morgan fingerprint density at radius 2 is 2.17 bits per heavy atom. The summed E-state index contributed by atoms with van der Waals surface area (Å²) in [4.78, 5) is 0. The largest absolute Gasteiger partial charge is 0.479 e. The second kappa shape index (κ2) is 5.68. The van der Waals surface area contributed by atoms with Crippen LogP contribution in [0.15, 0.2) is 30.5 Å². The molecule has 18 heavy (non-hydrogen) atoms. The van der Waals surface area contributed by atoms with Crippen LogP contribution in [0.25, 0.3) is 0 Å². The minimum atomic E-state index is 0.0630. The number of nitrogens with one attached hydrogen (secondary N) is 1. The van der Waals surface area contributed by atoms with Crippen LogP contribution in [-0.2, 0) is 13.6 Å². The highest BCUT2D eigenvalue weighted by Gasteiger charge is 2.00. The van der Waals surface area contributed by atoms with Crippen LogP contribution < -0.4 is 10.1 Å². The highest BCUT2D eigenvalue weighted by atomic mass is 16.5. The molecule has 0 unspecified atom stereocenters. The van der Waals surface area contributed by atoms with E-state index in [4.69, 9.17) is 10.00 Å². The molecule has 1 N–H and O–H groups in total. The zero-order valence-corrected chi connectivity index (χ0v) is 10.00. The first kappa shape index (κ1) is 11.9. The van der Waals surface area contributed by atoms with E-state index in [-0.39, 0.29) is 6.61 Å². The molecule has 0 bridgehead atoms. The van der Waals surface area contributed by atoms with Gasteiger partial charge >= 0.3 is 0 Å². The zero-order valence-electron chi connectivity index (χ0n) is 10.00. The number of rotatable bonds is 5. The maximum absolute atomic E-state index is 8.40. The van der Waals surface area contributed by atoms with E-state index in [0.717, 1.165) is 11.4 Å². The first-order valence-corrected chi connectivity index (χ1v) is 5.47. The minimum absolute atomic E-state index is 0.0630. The summed E-state index contributed by atoms with van der Waals surface area (Å²) in [5.74, 6) is 0.685. The third-order valence-electron chi connectivity index (χ3n) is 2.44. The molecule has 1 aromatic heterocycles. The SMILES string of the molecule is Cn1nncc1CNc1ccc(OCC#N)cc1. The third-order valence-corrected chi connectivity index (χ3v) is 2.44. The van der Waals surface area contributed by atoms with Gasteiger partial charge < -0.3 is 10.1 Å². The number of hydrogen-bond donors (Lipinski definition) is 1. The van der Waals surface area contributed by atoms with Crippen molar-refractivity contribution < 1.29 is 4.74 Å². The summed E-state index contributed by atoms with van der Waals surface area (Å²) in [7, 11) is 1.85. The molecule has 0 amide bonds. The summed E-state index contributed by atoms with van der Waals surface area (Å²) < 4.78 is 6.89. The lowest BCUT2D eigenvalue weighted by molar-refractivity contribution is 0.368. The highest BCUT2D eigenvalue weighted by molar-refractivity contribution is 5.46. The zero-order chi connectivity index (χ0) is 12.8. The molecule has 0 saturated heterocycles. The van der Waals surface area contributed by atoms with E-state index >= 15 is 0 Å². The van der Waals surface area contributed by atoms with Crippen LogP contribution in [-0.4, -0.2) is 21.6 Å². The summed E-state index contributed by atoms with van der Waals surface area (Å²) in [6.45, 7) is 0.718. The van der Waals surface area contributed by atoms with Gasteiger partial charge in [-0.3, -0.25) is 4.68 Å². The van der Waals surface area contributed by atoms with E-state index in [1.54, 1.807) is 10.9 Å². The van der Waals surface area contributed by atoms with Crippen molar-refractivity contribution in [3.63, 3.8) is 0 Å². The topological polar surface area (TPSA) is 75.8 Å². The number of benzene rings is 1. The van der Waals surface area contributed by atoms with Crippen molar-refractivity contribution in [1.82, 2.24) is 15.0 Å². The van der Waals surface area contributed by atoms with E-state index in [1.165, 1.54) is 0 Å². The van der Waals surface area contributed by atoms with Gasteiger partial charge in [-0.1, -0.05) is 5.21 Å². The molecule has 1 heterocycles. The van der Waals surface area contributed by atoms with Crippen molar-refractivity contribution >= 4 is 5.69 Å². The number of nitriles is 1. The Morgan fingerprint density at radius 3 is 2.78 bits per heavy atom. The van der Waals surface area contributed by atoms with Crippen LogP contribution in [0.2, 0.25) is 0 Å². The van der Waals surface area contributed by atoms with Gasteiger partial charge in [0.15, 0.2) is 6.61 Å². The van der Waals surface area contributed by atoms with Gasteiger partial charge in [-0.15, -0.1) is 5.10 Å². The molecule has 0 spiro atoms. The molecule has 92 valence electrons. The summed E-state index contributed by atoms with van der Waals surface area (Å²) >= 11 is 0. The fraction of sp³-hybridized carbons (Fsp3) is 0.250. The molecule has 0 aliphatic carbocycles. The Labute approximate surface area is 105 Å². The molecule has 0 atom stereocenters. The quantitative estimate of drug-likeness (QED) is 0.857. The van der Waals surface area contributed by atoms with Crippen molar-refractivity contribution in [2.24, 2.45) is 7.05 Å². The second-order valence-corrected chi connectivity index (χ2v) is 3.67. The number of nitrogens with zero attached hydrogens (tertiary/aromatic N) is 4. The predicted molar refractivity (Wildman–Crippen MR) is 65.9 cm³/mol. The molecule has 0 fully saturated rings. The van der Waals surface area contributed by atoms with Gasteiger partial charge in [0.1, 0.15) is 11.8 Å². The van der Waals surface area contributed by atoms with Crippen LogP contribution in [0.3, 0.4) is 0 Å². The normalized spacial score (nSPS) is 9.78. The highest BCUT2D eigenvalue weighted by Crippen LogP contribution is 2.16. The van der Waals surface area contributed by atoms with E-state index in [9.17, 15) is 0 Å². The van der Waals surface area contributed by atoms with Crippen molar-refractivity contribution in [3.8, 4) is 11.8 Å². The summed E-state index contributed by atoms with van der Waals surface area (Å²) in [5.41, 5.74) is 1.97. The van der Waals surface area contributed by atoms with Crippen molar-refractivity contribution in [1.29, 1.82) is 5.26 Å². The van der Waals surface area contributed by atoms with Crippen LogP contribution in [0, 0.1) is 11.3 Å². The standard InChI is InChI=1S/C12H13N5O/c1-17-11(9-15-16-17)8-14-10-2-4-12(5-3-10)18-7-6-13/h2-5,9,14H,7-8H2,1H3. The lowest BCUT2D eigenvalue weighted by atomic mass is 10.3. The molecule has 0 radical (unpaired) electrons. The molecule has 0 saturated carbocycles. The van der Waals surface area contributed by atoms with Crippen molar-refractivity contribution in [2.45, 2.75) is 6.54 Å². The molecule has 2 aromatic rings. The maximum atomic E-state index is 8.40. The average molecular weight is 243 g/mol. The smallest absolute Gasteiger partial charge is 0.174 e. The van der Waals surface area contributed by atoms with Gasteiger partial charge in [0.25, 0.3) is 0 Å². The Kier molecular flexibility index (Phi) is 3.76. The molecule has 1 aromatic carbocycles. The molecule has 0 aliphatic rings. The fourth-order valence-corrected chi connectivity index (χ4v) is 1.45. The Hall–Kier alpha value is -2.55. The molecule has 2 rings (SSSR count). The maximum Gasteiger partial charge on any atom is 0.174 e. The predicted octanol–water partition coefficient (Wildman–Crippen LogP) is 1.33. The third kappa shape index (κ3) is 2.98. The molecular weight excluding hydrogens is 230 g/mol. The Morgan fingerprint density at radius 1 is 1.39 bits per heavy atom. The van der Waals surface area contributed by atoms with E-state index in [0.29, 0.717) is 12.3 Å². The minimum Gasteiger partial charge on any atom is -0.479 e. The number of anilines is 1. The van der Waals surface area contributed by atoms with Gasteiger partial charge in [0.05, 0.1) is 18.4 Å². The van der Waals surface area contributed by atoms with E-state index < -0.39 is 0 Å². The summed E-state index contributed by atoms with van der Waals surface area (Å²) in [6, 6.07) is 9.37. The molecule has 6 heteroatoms. The van der Waals surface area contributed by atoms with Gasteiger partial charge in [-0.2, -0.15) is 5.26 Å². The van der Waals surface area contributed by atoms with Gasteiger partial charge in [-0.25, -0.2) is 0 Å². The summed E-state index contributed by atoms with van der Waals surface area (Å²) in [6.07, 6.45) is 1.72. The van der Waals surface area contributed by atoms with Crippen LogP contribution >= 0.6 is 0 Å². The van der Waals surface area contributed by atoms with Crippen molar-refractivity contribution in [3.05, 3.63) is 36.2 Å². The first-order valence-electron chi connectivity index (χ1n) is 5.47. The molecule has 6 nitrogen and oxygen atoms in total. The molecule has 0 aliphatic heterocycles. The lowest BCUT2D eigenvalue weighted by Crippen LogP contribution is -2.05. The molecular formula is C12H13N5O. The van der Waals surface area contributed by atoms with Gasteiger partial charge in [-0.05, 0) is 24.3 Å². The second-order valence-electron chi connectivity index (χ2n) is 3.67. The number of hydrogen-bond acceptors (Lipinski definition) is 5. The Balaban J connectivity index is 1.91. The Bertz CT molecular complexity index is 540. The fourth-order valence-electron chi connectivity index (χ4n) is 1.45. The van der Waals surface area contributed by atoms with Crippen LogP contribution in [0.1, 0.15) is 5.69 Å². The summed E-state index contributed by atoms with van der Waals surface area (Å²) in [5, 5.41) is 19.3. The first-order chi connectivity index (χ1) is 8.79. The number of aromatic nitrogens is 3. The van der Waals surface area contributed by atoms with Gasteiger partial charge in [0, 0.05) is 12.7 Å². The average Bonchev–Trinajstić information content (AvgIpc) is 2.81.